The minimum Gasteiger partial charge on any atom is -0.333 e. The van der Waals surface area contributed by atoms with Crippen LogP contribution >= 0.6 is 11.3 Å². The Balaban J connectivity index is 1.72. The summed E-state index contributed by atoms with van der Waals surface area (Å²) in [4.78, 5) is 14.6. The summed E-state index contributed by atoms with van der Waals surface area (Å²) in [6.45, 7) is 5.35. The SMILES string of the molecule is CCn1cnnc1-c1ccccc1NC(=O)NCc1ccc(C)s1. The molecule has 0 saturated heterocycles. The molecule has 2 heterocycles. The van der Waals surface area contributed by atoms with Crippen LogP contribution in [0.2, 0.25) is 0 Å². The zero-order valence-corrected chi connectivity index (χ0v) is 14.4. The van der Waals surface area contributed by atoms with Crippen LogP contribution in [-0.4, -0.2) is 20.8 Å². The summed E-state index contributed by atoms with van der Waals surface area (Å²) >= 11 is 1.68. The van der Waals surface area contributed by atoms with Gasteiger partial charge in [0.05, 0.1) is 12.2 Å². The summed E-state index contributed by atoms with van der Waals surface area (Å²) in [7, 11) is 0. The number of para-hydroxylation sites is 1. The number of benzene rings is 1. The molecule has 0 bridgehead atoms. The van der Waals surface area contributed by atoms with Crippen LogP contribution in [-0.2, 0) is 13.1 Å². The van der Waals surface area contributed by atoms with E-state index < -0.39 is 0 Å². The summed E-state index contributed by atoms with van der Waals surface area (Å²) in [5, 5.41) is 13.9. The number of rotatable bonds is 5. The molecule has 6 nitrogen and oxygen atoms in total. The summed E-state index contributed by atoms with van der Waals surface area (Å²) in [6.07, 6.45) is 1.69. The van der Waals surface area contributed by atoms with Crippen LogP contribution in [0.5, 0.6) is 0 Å². The molecule has 1 aromatic carbocycles. The van der Waals surface area contributed by atoms with Crippen molar-refractivity contribution in [3.05, 3.63) is 52.5 Å². The van der Waals surface area contributed by atoms with Gasteiger partial charge in [0.2, 0.25) is 0 Å². The topological polar surface area (TPSA) is 71.8 Å². The molecule has 24 heavy (non-hydrogen) atoms. The van der Waals surface area contributed by atoms with Crippen LogP contribution in [0, 0.1) is 6.92 Å². The minimum absolute atomic E-state index is 0.240. The normalized spacial score (nSPS) is 10.6. The van der Waals surface area contributed by atoms with Crippen molar-refractivity contribution in [1.82, 2.24) is 20.1 Å². The van der Waals surface area contributed by atoms with Gasteiger partial charge < -0.3 is 15.2 Å². The number of nitrogens with one attached hydrogen (secondary N) is 2. The number of thiophene rings is 1. The molecule has 2 aromatic heterocycles. The van der Waals surface area contributed by atoms with Crippen LogP contribution in [0.25, 0.3) is 11.4 Å². The molecule has 0 fully saturated rings. The van der Waals surface area contributed by atoms with Crippen molar-refractivity contribution in [2.75, 3.05) is 5.32 Å². The zero-order chi connectivity index (χ0) is 16.9. The maximum atomic E-state index is 12.2. The fourth-order valence-corrected chi connectivity index (χ4v) is 3.23. The monoisotopic (exact) mass is 341 g/mol. The Morgan fingerprint density at radius 2 is 2.08 bits per heavy atom. The third-order valence-electron chi connectivity index (χ3n) is 3.59. The first kappa shape index (κ1) is 16.2. The first-order valence-electron chi connectivity index (χ1n) is 7.74. The lowest BCUT2D eigenvalue weighted by atomic mass is 10.1. The van der Waals surface area contributed by atoms with Crippen molar-refractivity contribution in [2.45, 2.75) is 26.9 Å². The number of carbonyl (C=O) groups excluding carboxylic acids is 1. The van der Waals surface area contributed by atoms with Crippen LogP contribution in [0.4, 0.5) is 10.5 Å². The largest absolute Gasteiger partial charge is 0.333 e. The fraction of sp³-hybridized carbons (Fsp3) is 0.235. The van der Waals surface area contributed by atoms with Gasteiger partial charge in [-0.15, -0.1) is 21.5 Å². The van der Waals surface area contributed by atoms with E-state index in [1.807, 2.05) is 54.8 Å². The van der Waals surface area contributed by atoms with Crippen molar-refractivity contribution < 1.29 is 4.79 Å². The molecule has 0 atom stereocenters. The van der Waals surface area contributed by atoms with E-state index in [9.17, 15) is 4.79 Å². The van der Waals surface area contributed by atoms with Crippen molar-refractivity contribution in [2.24, 2.45) is 0 Å². The molecule has 3 aromatic rings. The highest BCUT2D eigenvalue weighted by atomic mass is 32.1. The number of nitrogens with zero attached hydrogens (tertiary/aromatic N) is 3. The summed E-state index contributed by atoms with van der Waals surface area (Å²) in [5.74, 6) is 0.738. The minimum atomic E-state index is -0.240. The van der Waals surface area contributed by atoms with E-state index in [0.29, 0.717) is 12.2 Å². The summed E-state index contributed by atoms with van der Waals surface area (Å²) < 4.78 is 1.94. The molecule has 0 unspecified atom stereocenters. The van der Waals surface area contributed by atoms with Gasteiger partial charge >= 0.3 is 6.03 Å². The molecular formula is C17H19N5OS. The molecule has 0 saturated carbocycles. The Bertz CT molecular complexity index is 839. The third kappa shape index (κ3) is 3.62. The van der Waals surface area contributed by atoms with Crippen LogP contribution in [0.3, 0.4) is 0 Å². The van der Waals surface area contributed by atoms with Gasteiger partial charge in [-0.3, -0.25) is 0 Å². The smallest absolute Gasteiger partial charge is 0.319 e. The first-order valence-corrected chi connectivity index (χ1v) is 8.56. The third-order valence-corrected chi connectivity index (χ3v) is 4.59. The van der Waals surface area contributed by atoms with E-state index in [2.05, 4.69) is 20.8 Å². The second kappa shape index (κ2) is 7.27. The molecule has 0 aliphatic heterocycles. The molecule has 0 aliphatic rings. The number of urea groups is 1. The maximum Gasteiger partial charge on any atom is 0.319 e. The number of hydrogen-bond donors (Lipinski definition) is 2. The Kier molecular flexibility index (Phi) is 4.90. The van der Waals surface area contributed by atoms with E-state index >= 15 is 0 Å². The molecular weight excluding hydrogens is 322 g/mol. The second-order valence-corrected chi connectivity index (χ2v) is 6.68. The van der Waals surface area contributed by atoms with Gasteiger partial charge in [-0.2, -0.15) is 0 Å². The van der Waals surface area contributed by atoms with Gasteiger partial charge in [-0.1, -0.05) is 12.1 Å². The van der Waals surface area contributed by atoms with Crippen LogP contribution < -0.4 is 10.6 Å². The zero-order valence-electron chi connectivity index (χ0n) is 13.6. The van der Waals surface area contributed by atoms with Crippen LogP contribution in [0.15, 0.2) is 42.7 Å². The predicted octanol–water partition coefficient (Wildman–Crippen LogP) is 3.66. The second-order valence-electron chi connectivity index (χ2n) is 5.31. The highest BCUT2D eigenvalue weighted by Gasteiger charge is 2.12. The Labute approximate surface area is 144 Å². The van der Waals surface area contributed by atoms with Gasteiger partial charge in [-0.05, 0) is 38.1 Å². The molecule has 2 N–H and O–H groups in total. The molecule has 124 valence electrons. The lowest BCUT2D eigenvalue weighted by Gasteiger charge is -2.12. The van der Waals surface area contributed by atoms with Gasteiger partial charge in [-0.25, -0.2) is 4.79 Å². The number of hydrogen-bond acceptors (Lipinski definition) is 4. The van der Waals surface area contributed by atoms with Gasteiger partial charge in [0.1, 0.15) is 6.33 Å². The summed E-state index contributed by atoms with van der Waals surface area (Å²) in [5.41, 5.74) is 1.55. The standard InChI is InChI=1S/C17H19N5OS/c1-3-22-11-19-21-16(22)14-6-4-5-7-15(14)20-17(23)18-10-13-9-8-12(2)24-13/h4-9,11H,3,10H2,1-2H3,(H2,18,20,23). The molecule has 0 aliphatic carbocycles. The Hall–Kier alpha value is -2.67. The van der Waals surface area contributed by atoms with E-state index in [1.165, 1.54) is 4.88 Å². The molecule has 7 heteroatoms. The molecule has 3 rings (SSSR count). The van der Waals surface area contributed by atoms with Gasteiger partial charge in [0, 0.05) is 21.9 Å². The van der Waals surface area contributed by atoms with Crippen molar-refractivity contribution >= 4 is 23.1 Å². The molecule has 0 radical (unpaired) electrons. The number of aryl methyl sites for hydroxylation is 2. The highest BCUT2D eigenvalue weighted by molar-refractivity contribution is 7.11. The van der Waals surface area contributed by atoms with E-state index in [-0.39, 0.29) is 6.03 Å². The quantitative estimate of drug-likeness (QED) is 0.744. The highest BCUT2D eigenvalue weighted by Crippen LogP contribution is 2.26. The van der Waals surface area contributed by atoms with E-state index in [0.717, 1.165) is 22.8 Å². The number of aromatic nitrogens is 3. The lowest BCUT2D eigenvalue weighted by Crippen LogP contribution is -2.28. The van der Waals surface area contributed by atoms with Crippen molar-refractivity contribution in [3.8, 4) is 11.4 Å². The molecule has 2 amide bonds. The first-order chi connectivity index (χ1) is 11.7. The lowest BCUT2D eigenvalue weighted by molar-refractivity contribution is 0.252. The number of anilines is 1. The van der Waals surface area contributed by atoms with E-state index in [1.54, 1.807) is 17.7 Å². The number of amides is 2. The predicted molar refractivity (Wildman–Crippen MR) is 96.0 cm³/mol. The average Bonchev–Trinajstić information content (AvgIpc) is 3.22. The Morgan fingerprint density at radius 1 is 1.25 bits per heavy atom. The van der Waals surface area contributed by atoms with Crippen LogP contribution in [0.1, 0.15) is 16.7 Å². The van der Waals surface area contributed by atoms with Crippen molar-refractivity contribution in [1.29, 1.82) is 0 Å². The van der Waals surface area contributed by atoms with Gasteiger partial charge in [0.25, 0.3) is 0 Å². The average molecular weight is 341 g/mol. The fourth-order valence-electron chi connectivity index (χ4n) is 2.40. The molecule has 0 spiro atoms. The maximum absolute atomic E-state index is 12.2. The van der Waals surface area contributed by atoms with E-state index in [4.69, 9.17) is 0 Å². The van der Waals surface area contributed by atoms with Crippen molar-refractivity contribution in [3.63, 3.8) is 0 Å². The van der Waals surface area contributed by atoms with Gasteiger partial charge in [0.15, 0.2) is 5.82 Å². The summed E-state index contributed by atoms with van der Waals surface area (Å²) in [6, 6.07) is 11.4. The number of carbonyl (C=O) groups is 1. The Morgan fingerprint density at radius 3 is 2.83 bits per heavy atom.